The molecule has 4 aromatic heterocycles. The molecule has 6 heterocycles. The van der Waals surface area contributed by atoms with E-state index in [0.717, 1.165) is 0 Å². The molecular weight excluding hydrogens is 666 g/mol. The first-order valence-corrected chi connectivity index (χ1v) is 18.1. The summed E-state index contributed by atoms with van der Waals surface area (Å²) in [6.45, 7) is -8.76. The lowest BCUT2D eigenvalue weighted by Crippen LogP contribution is -2.23. The monoisotopic (exact) mass is 692 g/mol. The average molecular weight is 693 g/mol. The molecule has 2 fully saturated rings. The van der Waals surface area contributed by atoms with Crippen LogP contribution in [0.1, 0.15) is 25.3 Å². The first-order chi connectivity index (χ1) is 20.8. The molecule has 0 amide bonds. The van der Waals surface area contributed by atoms with Gasteiger partial charge in [0.25, 0.3) is 5.56 Å². The predicted molar refractivity (Wildman–Crippen MR) is 157 cm³/mol. The molecule has 2 aliphatic heterocycles. The lowest BCUT2D eigenvalue weighted by molar-refractivity contribution is -0.0523. The van der Waals surface area contributed by atoms with Crippen LogP contribution in [0.5, 0.6) is 0 Å². The van der Waals surface area contributed by atoms with Crippen LogP contribution in [-0.4, -0.2) is 91.6 Å². The van der Waals surface area contributed by atoms with Crippen molar-refractivity contribution in [2.24, 2.45) is 0 Å². The van der Waals surface area contributed by atoms with Crippen molar-refractivity contribution in [2.45, 2.75) is 49.7 Å². The number of hydrogen-bond acceptors (Lipinski definition) is 16. The van der Waals surface area contributed by atoms with Crippen molar-refractivity contribution >= 4 is 71.7 Å². The maximum atomic E-state index is 13.4. The number of rotatable bonds is 10. The Hall–Kier alpha value is -2.59. The number of nitrogen functional groups attached to an aromatic ring is 2. The molecule has 44 heavy (non-hydrogen) atoms. The third kappa shape index (κ3) is 6.52. The number of nitrogens with zero attached hydrogens (tertiary/aromatic N) is 7. The Kier molecular flexibility index (Phi) is 8.54. The van der Waals surface area contributed by atoms with Crippen molar-refractivity contribution in [3.63, 3.8) is 0 Å². The van der Waals surface area contributed by atoms with Gasteiger partial charge in [0, 0.05) is 12.8 Å². The number of aromatic amines is 1. The van der Waals surface area contributed by atoms with Gasteiger partial charge in [0.15, 0.2) is 35.1 Å². The second-order valence-corrected chi connectivity index (χ2v) is 15.4. The molecule has 238 valence electrons. The molecule has 8 N–H and O–H groups in total. The second-order valence-electron chi connectivity index (χ2n) is 9.89. The third-order valence-electron chi connectivity index (χ3n) is 6.82. The van der Waals surface area contributed by atoms with Crippen LogP contribution >= 0.6 is 25.8 Å². The van der Waals surface area contributed by atoms with Crippen molar-refractivity contribution < 1.29 is 42.5 Å². The van der Waals surface area contributed by atoms with E-state index < -0.39 is 55.9 Å². The Morgan fingerprint density at radius 1 is 1.02 bits per heavy atom. The van der Waals surface area contributed by atoms with Gasteiger partial charge in [-0.15, -0.1) is 0 Å². The summed E-state index contributed by atoms with van der Waals surface area (Å²) in [4.78, 5) is 54.0. The molecule has 7 atom stereocenters. The summed E-state index contributed by atoms with van der Waals surface area (Å²) in [5.74, 6) is -0.00873. The Morgan fingerprint density at radius 2 is 1.68 bits per heavy atom. The van der Waals surface area contributed by atoms with E-state index in [2.05, 4.69) is 54.0 Å². The number of aliphatic hydroxyl groups excluding tert-OH is 1. The molecule has 6 rings (SSSR count). The summed E-state index contributed by atoms with van der Waals surface area (Å²) in [5, 5.41) is 10.7. The van der Waals surface area contributed by atoms with Crippen molar-refractivity contribution in [1.29, 1.82) is 0 Å². The second kappa shape index (κ2) is 12.0. The molecule has 0 spiro atoms. The van der Waals surface area contributed by atoms with E-state index in [4.69, 9.17) is 34.5 Å². The standard InChI is InChI=1S/C20H26N10O10P2S2/c21-14-12-15(24-5-23-14)29(6-25-12)18-10(31)1-8(38-18)4-37-42(35,44)40-11-2-9(3-36-41(33,34)43)39-19(11)30-7-26-13-16(30)27-20(22)28-17(13)32/h5-11,18-19,31H,1-4H2,(H,35,44)(H2,21,23,24)(H2,33,34,43)(H3,22,27,28,32)/t8-,9-,10+,11+,18+,19+,42?/m0/s1. The first-order valence-electron chi connectivity index (χ1n) is 12.8. The quantitative estimate of drug-likeness (QED) is 0.0831. The summed E-state index contributed by atoms with van der Waals surface area (Å²) in [5.41, 5.74) is 11.7. The molecule has 1 unspecified atom stereocenters. The van der Waals surface area contributed by atoms with E-state index in [-0.39, 0.29) is 49.0 Å². The SMILES string of the molecule is Nc1nc2c(ncn2[C@@H]2O[C@H](COP(O)(O)=S)C[C@H]2OP(=O)(S)OC[C@@H]2C[C@@H](O)[C@H](n3cnc4c(N)ncnc43)O2)c(=O)[nH]1. The summed E-state index contributed by atoms with van der Waals surface area (Å²) in [6, 6.07) is 0. The Bertz CT molecular complexity index is 1850. The summed E-state index contributed by atoms with van der Waals surface area (Å²) < 4.78 is 44.4. The zero-order valence-corrected chi connectivity index (χ0v) is 25.8. The highest BCUT2D eigenvalue weighted by molar-refractivity contribution is 8.44. The van der Waals surface area contributed by atoms with Crippen LogP contribution in [0.2, 0.25) is 0 Å². The number of H-pyrrole nitrogens is 1. The number of aromatic nitrogens is 8. The number of thiol groups is 1. The fraction of sp³-hybridized carbons (Fsp3) is 0.500. The van der Waals surface area contributed by atoms with Gasteiger partial charge in [-0.05, 0) is 11.8 Å². The van der Waals surface area contributed by atoms with Crippen LogP contribution in [0, 0.1) is 0 Å². The number of nitrogens with two attached hydrogens (primary N) is 2. The summed E-state index contributed by atoms with van der Waals surface area (Å²) in [6.07, 6.45) is -1.50. The molecule has 2 aliphatic rings. The first kappa shape index (κ1) is 31.4. The molecule has 0 bridgehead atoms. The Labute approximate surface area is 256 Å². The molecular formula is C20H26N10O10P2S2. The highest BCUT2D eigenvalue weighted by atomic mass is 32.7. The van der Waals surface area contributed by atoms with Crippen molar-refractivity contribution in [3.8, 4) is 0 Å². The number of imidazole rings is 2. The normalized spacial score (nSPS) is 27.4. The molecule has 0 aliphatic carbocycles. The molecule has 2 saturated heterocycles. The summed E-state index contributed by atoms with van der Waals surface area (Å²) >= 11 is 8.63. The fourth-order valence-corrected chi connectivity index (χ4v) is 7.05. The van der Waals surface area contributed by atoms with Crippen LogP contribution in [0.25, 0.3) is 22.3 Å². The van der Waals surface area contributed by atoms with E-state index in [9.17, 15) is 24.3 Å². The number of anilines is 2. The molecule has 0 aromatic carbocycles. The van der Waals surface area contributed by atoms with Crippen LogP contribution in [0.3, 0.4) is 0 Å². The van der Waals surface area contributed by atoms with Gasteiger partial charge in [-0.25, -0.2) is 24.5 Å². The van der Waals surface area contributed by atoms with Gasteiger partial charge in [0.1, 0.15) is 24.1 Å². The lowest BCUT2D eigenvalue weighted by Gasteiger charge is -2.24. The number of aliphatic hydroxyl groups is 1. The maximum Gasteiger partial charge on any atom is 0.386 e. The van der Waals surface area contributed by atoms with Crippen LogP contribution < -0.4 is 17.0 Å². The van der Waals surface area contributed by atoms with Gasteiger partial charge in [0.2, 0.25) is 5.95 Å². The maximum absolute atomic E-state index is 13.4. The van der Waals surface area contributed by atoms with E-state index in [1.807, 2.05) is 0 Å². The van der Waals surface area contributed by atoms with Gasteiger partial charge in [0.05, 0.1) is 38.1 Å². The fourth-order valence-electron chi connectivity index (χ4n) is 5.00. The van der Waals surface area contributed by atoms with Gasteiger partial charge in [-0.2, -0.15) is 4.98 Å². The molecule has 4 aromatic rings. The van der Waals surface area contributed by atoms with Crippen LogP contribution in [0.15, 0.2) is 23.8 Å². The third-order valence-corrected chi connectivity index (χ3v) is 9.26. The topological polar surface area (TPSA) is 283 Å². The van der Waals surface area contributed by atoms with Gasteiger partial charge in [-0.1, -0.05) is 12.2 Å². The minimum Gasteiger partial charge on any atom is -0.388 e. The Morgan fingerprint density at radius 3 is 2.43 bits per heavy atom. The van der Waals surface area contributed by atoms with E-state index in [0.29, 0.717) is 11.2 Å². The highest BCUT2D eigenvalue weighted by Gasteiger charge is 2.44. The van der Waals surface area contributed by atoms with Crippen molar-refractivity contribution in [2.75, 3.05) is 24.7 Å². The van der Waals surface area contributed by atoms with Crippen molar-refractivity contribution in [1.82, 2.24) is 39.0 Å². The van der Waals surface area contributed by atoms with Crippen LogP contribution in [0.4, 0.5) is 11.8 Å². The minimum absolute atomic E-state index is 0.00562. The molecule has 0 saturated carbocycles. The molecule has 24 heteroatoms. The average Bonchev–Trinajstić information content (AvgIpc) is 3.71. The molecule has 20 nitrogen and oxygen atoms in total. The number of nitrogens with one attached hydrogen (secondary N) is 1. The molecule has 0 radical (unpaired) electrons. The number of fused-ring (bicyclic) bond motifs is 2. The highest BCUT2D eigenvalue weighted by Crippen LogP contribution is 2.57. The predicted octanol–water partition coefficient (Wildman–Crippen LogP) is -0.275. The van der Waals surface area contributed by atoms with E-state index >= 15 is 0 Å². The van der Waals surface area contributed by atoms with Gasteiger partial charge >= 0.3 is 13.5 Å². The van der Waals surface area contributed by atoms with Gasteiger partial charge in [-0.3, -0.25) is 28.0 Å². The number of hydrogen-bond donors (Lipinski definition) is 7. The Balaban J connectivity index is 1.16. The van der Waals surface area contributed by atoms with Gasteiger partial charge < -0.3 is 40.4 Å². The largest absolute Gasteiger partial charge is 0.388 e. The lowest BCUT2D eigenvalue weighted by atomic mass is 10.2. The van der Waals surface area contributed by atoms with E-state index in [1.54, 1.807) is 0 Å². The zero-order chi connectivity index (χ0) is 31.4. The van der Waals surface area contributed by atoms with Crippen molar-refractivity contribution in [3.05, 3.63) is 29.3 Å². The minimum atomic E-state index is -4.14. The summed E-state index contributed by atoms with van der Waals surface area (Å²) in [7, 11) is 0. The number of ether oxygens (including phenoxy) is 2. The smallest absolute Gasteiger partial charge is 0.386 e. The van der Waals surface area contributed by atoms with Crippen LogP contribution in [-0.2, 0) is 39.4 Å². The van der Waals surface area contributed by atoms with E-state index in [1.165, 1.54) is 28.1 Å². The zero-order valence-electron chi connectivity index (χ0n) is 22.3.